The molecule has 2 aromatic rings. The van der Waals surface area contributed by atoms with Crippen molar-refractivity contribution in [3.63, 3.8) is 0 Å². The van der Waals surface area contributed by atoms with Gasteiger partial charge >= 0.3 is 0 Å². The van der Waals surface area contributed by atoms with E-state index >= 15 is 0 Å². The molecule has 0 fully saturated rings. The summed E-state index contributed by atoms with van der Waals surface area (Å²) in [5, 5.41) is 2.87. The first kappa shape index (κ1) is 19.5. The van der Waals surface area contributed by atoms with Gasteiger partial charge in [0.2, 0.25) is 5.91 Å². The van der Waals surface area contributed by atoms with Gasteiger partial charge in [-0.2, -0.15) is 0 Å². The smallest absolute Gasteiger partial charge is 0.282 e. The Morgan fingerprint density at radius 1 is 1.12 bits per heavy atom. The van der Waals surface area contributed by atoms with Crippen LogP contribution in [0.1, 0.15) is 29.8 Å². The fourth-order valence-electron chi connectivity index (χ4n) is 2.54. The number of anilines is 1. The van der Waals surface area contributed by atoms with Gasteiger partial charge in [0.15, 0.2) is 6.04 Å². The van der Waals surface area contributed by atoms with Crippen LogP contribution in [0.25, 0.3) is 0 Å². The van der Waals surface area contributed by atoms with Crippen LogP contribution >= 0.6 is 0 Å². The summed E-state index contributed by atoms with van der Waals surface area (Å²) in [6, 6.07) is 14.2. The molecule has 2 aromatic carbocycles. The molecule has 0 aliphatic carbocycles. The first-order valence-electron chi connectivity index (χ1n) is 8.65. The van der Waals surface area contributed by atoms with Crippen LogP contribution in [0.3, 0.4) is 0 Å². The molecule has 2 atom stereocenters. The maximum absolute atomic E-state index is 12.5. The fraction of sp³-hybridized carbons (Fsp3) is 0.300. The van der Waals surface area contributed by atoms with E-state index in [4.69, 9.17) is 10.5 Å². The quantitative estimate of drug-likeness (QED) is 0.665. The van der Waals surface area contributed by atoms with Crippen LogP contribution in [0.2, 0.25) is 0 Å². The lowest BCUT2D eigenvalue weighted by atomic mass is 10.1. The van der Waals surface area contributed by atoms with E-state index in [1.165, 1.54) is 0 Å². The lowest BCUT2D eigenvalue weighted by Gasteiger charge is -2.21. The summed E-state index contributed by atoms with van der Waals surface area (Å²) >= 11 is 0. The second kappa shape index (κ2) is 9.01. The molecule has 2 rings (SSSR count). The normalized spacial score (nSPS) is 12.9. The maximum Gasteiger partial charge on any atom is 0.282 e. The molecule has 0 aromatic heterocycles. The van der Waals surface area contributed by atoms with Gasteiger partial charge in [-0.25, -0.2) is 0 Å². The predicted molar refractivity (Wildman–Crippen MR) is 101 cm³/mol. The van der Waals surface area contributed by atoms with Gasteiger partial charge in [-0.1, -0.05) is 0 Å². The average Bonchev–Trinajstić information content (AvgIpc) is 2.63. The minimum Gasteiger partial charge on any atom is -0.494 e. The first-order valence-corrected chi connectivity index (χ1v) is 8.65. The van der Waals surface area contributed by atoms with Crippen molar-refractivity contribution in [1.82, 2.24) is 0 Å². The Bertz CT molecular complexity index is 742. The number of benzene rings is 2. The second-order valence-corrected chi connectivity index (χ2v) is 6.25. The van der Waals surface area contributed by atoms with Gasteiger partial charge in [0.05, 0.1) is 13.7 Å². The Kier molecular flexibility index (Phi) is 6.74. The van der Waals surface area contributed by atoms with E-state index in [0.717, 1.165) is 22.8 Å². The third kappa shape index (κ3) is 5.32. The van der Waals surface area contributed by atoms with Gasteiger partial charge in [0, 0.05) is 16.8 Å². The number of rotatable bonds is 8. The average molecular weight is 356 g/mol. The SMILES string of the molecule is CCOc1ccc(C[NH+](C)[C@@H](C)C(=O)Nc2ccc(C(N)=O)cc2)cc1. The maximum atomic E-state index is 12.5. The zero-order chi connectivity index (χ0) is 19.1. The lowest BCUT2D eigenvalue weighted by Crippen LogP contribution is -3.12. The monoisotopic (exact) mass is 356 g/mol. The predicted octanol–water partition coefficient (Wildman–Crippen LogP) is 1.23. The molecule has 0 bridgehead atoms. The van der Waals surface area contributed by atoms with E-state index < -0.39 is 5.91 Å². The molecule has 0 saturated carbocycles. The zero-order valence-corrected chi connectivity index (χ0v) is 15.4. The topological polar surface area (TPSA) is 85.9 Å². The summed E-state index contributed by atoms with van der Waals surface area (Å²) in [5.74, 6) is 0.273. The van der Waals surface area contributed by atoms with Crippen LogP contribution in [0.4, 0.5) is 5.69 Å². The number of hydrogen-bond acceptors (Lipinski definition) is 3. The lowest BCUT2D eigenvalue weighted by molar-refractivity contribution is -0.907. The first-order chi connectivity index (χ1) is 12.4. The molecule has 6 heteroatoms. The van der Waals surface area contributed by atoms with Crippen LogP contribution in [-0.4, -0.2) is 31.5 Å². The third-order valence-electron chi connectivity index (χ3n) is 4.29. The second-order valence-electron chi connectivity index (χ2n) is 6.25. The summed E-state index contributed by atoms with van der Waals surface area (Å²) in [6.45, 7) is 5.20. The summed E-state index contributed by atoms with van der Waals surface area (Å²) in [6.07, 6.45) is 0. The van der Waals surface area contributed by atoms with Crippen LogP contribution in [0, 0.1) is 0 Å². The molecular formula is C20H26N3O3+. The number of ether oxygens (including phenoxy) is 1. The Morgan fingerprint density at radius 2 is 1.73 bits per heavy atom. The Hall–Kier alpha value is -2.86. The highest BCUT2D eigenvalue weighted by molar-refractivity contribution is 5.95. The van der Waals surface area contributed by atoms with Crippen molar-refractivity contribution in [3.05, 3.63) is 59.7 Å². The number of hydrogen-bond donors (Lipinski definition) is 3. The molecule has 4 N–H and O–H groups in total. The fourth-order valence-corrected chi connectivity index (χ4v) is 2.54. The van der Waals surface area contributed by atoms with E-state index in [1.54, 1.807) is 24.3 Å². The molecule has 6 nitrogen and oxygen atoms in total. The number of nitrogens with one attached hydrogen (secondary N) is 2. The molecule has 138 valence electrons. The van der Waals surface area contributed by atoms with Crippen LogP contribution < -0.4 is 20.7 Å². The summed E-state index contributed by atoms with van der Waals surface area (Å²) in [7, 11) is 1.98. The molecule has 0 aliphatic heterocycles. The van der Waals surface area contributed by atoms with E-state index in [-0.39, 0.29) is 11.9 Å². The number of nitrogens with two attached hydrogens (primary N) is 1. The van der Waals surface area contributed by atoms with Crippen molar-refractivity contribution in [2.45, 2.75) is 26.4 Å². The van der Waals surface area contributed by atoms with Crippen molar-refractivity contribution in [2.24, 2.45) is 5.73 Å². The van der Waals surface area contributed by atoms with Crippen molar-refractivity contribution in [1.29, 1.82) is 0 Å². The summed E-state index contributed by atoms with van der Waals surface area (Å²) < 4.78 is 5.44. The van der Waals surface area contributed by atoms with Gasteiger partial charge in [0.25, 0.3) is 5.91 Å². The van der Waals surface area contributed by atoms with Crippen molar-refractivity contribution >= 4 is 17.5 Å². The highest BCUT2D eigenvalue weighted by Gasteiger charge is 2.22. The zero-order valence-electron chi connectivity index (χ0n) is 15.4. The van der Waals surface area contributed by atoms with Crippen molar-refractivity contribution < 1.29 is 19.2 Å². The molecular weight excluding hydrogens is 330 g/mol. The van der Waals surface area contributed by atoms with Crippen LogP contribution in [-0.2, 0) is 11.3 Å². The summed E-state index contributed by atoms with van der Waals surface area (Å²) in [5.41, 5.74) is 7.40. The Balaban J connectivity index is 1.92. The summed E-state index contributed by atoms with van der Waals surface area (Å²) in [4.78, 5) is 24.6. The molecule has 26 heavy (non-hydrogen) atoms. The van der Waals surface area contributed by atoms with Gasteiger partial charge < -0.3 is 20.7 Å². The standard InChI is InChI=1S/C20H25N3O3/c1-4-26-18-11-5-15(6-12-18)13-23(3)14(2)20(25)22-17-9-7-16(8-10-17)19(21)24/h5-12,14H,4,13H2,1-3H3,(H2,21,24)(H,22,25)/p+1/t14-/m0/s1. The van der Waals surface area contributed by atoms with E-state index in [1.807, 2.05) is 45.2 Å². The van der Waals surface area contributed by atoms with Gasteiger partial charge in [0.1, 0.15) is 12.3 Å². The highest BCUT2D eigenvalue weighted by Crippen LogP contribution is 2.12. The number of amides is 2. The van der Waals surface area contributed by atoms with Crippen molar-refractivity contribution in [2.75, 3.05) is 19.0 Å². The molecule has 0 spiro atoms. The Morgan fingerprint density at radius 3 is 2.27 bits per heavy atom. The van der Waals surface area contributed by atoms with E-state index in [9.17, 15) is 9.59 Å². The molecule has 0 heterocycles. The van der Waals surface area contributed by atoms with Gasteiger partial charge in [-0.3, -0.25) is 9.59 Å². The van der Waals surface area contributed by atoms with Gasteiger partial charge in [-0.05, 0) is 62.4 Å². The molecule has 2 amide bonds. The minimum atomic E-state index is -0.490. The Labute approximate surface area is 153 Å². The van der Waals surface area contributed by atoms with Crippen molar-refractivity contribution in [3.8, 4) is 5.75 Å². The molecule has 0 radical (unpaired) electrons. The van der Waals surface area contributed by atoms with E-state index in [2.05, 4.69) is 5.32 Å². The van der Waals surface area contributed by atoms with Crippen LogP contribution in [0.5, 0.6) is 5.75 Å². The number of primary amides is 1. The van der Waals surface area contributed by atoms with Crippen LogP contribution in [0.15, 0.2) is 48.5 Å². The number of likely N-dealkylation sites (N-methyl/N-ethyl adjacent to an activating group) is 1. The number of carbonyl (C=O) groups is 2. The molecule has 0 saturated heterocycles. The number of quaternary nitrogens is 1. The molecule has 1 unspecified atom stereocenters. The third-order valence-corrected chi connectivity index (χ3v) is 4.29. The highest BCUT2D eigenvalue weighted by atomic mass is 16.5. The van der Waals surface area contributed by atoms with E-state index in [0.29, 0.717) is 17.9 Å². The largest absolute Gasteiger partial charge is 0.494 e. The molecule has 0 aliphatic rings. The van der Waals surface area contributed by atoms with Gasteiger partial charge in [-0.15, -0.1) is 0 Å². The minimum absolute atomic E-state index is 0.0831. The number of carbonyl (C=O) groups excluding carboxylic acids is 2.